The number of hydrogen-bond acceptors (Lipinski definition) is 4. The standard InChI is InChI=1S/C27H35ClN2O3S/c28-25-17-16-24(34-25)26(31)29-18-23-19-30(27(32)33-23)22-14-12-21(13-15-22)20-10-8-6-4-2-1-3-5-7-9-11-20/h12-17,20,23H,1-11,18-19H2,(H,29,31). The fourth-order valence-electron chi connectivity index (χ4n) is 4.99. The van der Waals surface area contributed by atoms with Gasteiger partial charge in [0, 0.05) is 5.69 Å². The van der Waals surface area contributed by atoms with Crippen molar-refractivity contribution in [1.82, 2.24) is 5.32 Å². The van der Waals surface area contributed by atoms with Crippen LogP contribution in [0.5, 0.6) is 0 Å². The van der Waals surface area contributed by atoms with E-state index in [1.54, 1.807) is 17.0 Å². The second kappa shape index (κ2) is 12.6. The first-order chi connectivity index (χ1) is 16.6. The number of carbonyl (C=O) groups excluding carboxylic acids is 2. The average molecular weight is 503 g/mol. The van der Waals surface area contributed by atoms with E-state index in [1.165, 1.54) is 87.5 Å². The van der Waals surface area contributed by atoms with E-state index in [9.17, 15) is 9.59 Å². The molecule has 0 radical (unpaired) electrons. The fraction of sp³-hybridized carbons (Fsp3) is 0.556. The Morgan fingerprint density at radius 2 is 1.56 bits per heavy atom. The summed E-state index contributed by atoms with van der Waals surface area (Å²) in [6, 6.07) is 11.9. The van der Waals surface area contributed by atoms with E-state index in [0.29, 0.717) is 21.7 Å². The van der Waals surface area contributed by atoms with Crippen LogP contribution in [0.1, 0.15) is 91.8 Å². The van der Waals surface area contributed by atoms with Crippen molar-refractivity contribution < 1.29 is 14.3 Å². The summed E-state index contributed by atoms with van der Waals surface area (Å²) in [6.45, 7) is 0.698. The number of nitrogens with one attached hydrogen (secondary N) is 1. The lowest BCUT2D eigenvalue weighted by Crippen LogP contribution is -2.34. The van der Waals surface area contributed by atoms with Gasteiger partial charge in [-0.1, -0.05) is 81.5 Å². The highest BCUT2D eigenvalue weighted by molar-refractivity contribution is 7.18. The largest absolute Gasteiger partial charge is 0.442 e. The zero-order chi connectivity index (χ0) is 23.8. The first-order valence-electron chi connectivity index (χ1n) is 12.7. The van der Waals surface area contributed by atoms with Crippen LogP contribution in [0, 0.1) is 0 Å². The second-order valence-electron chi connectivity index (χ2n) is 9.48. The highest BCUT2D eigenvalue weighted by Gasteiger charge is 2.32. The van der Waals surface area contributed by atoms with Crippen molar-refractivity contribution >= 4 is 40.6 Å². The van der Waals surface area contributed by atoms with Crippen LogP contribution in [0.2, 0.25) is 4.34 Å². The molecule has 1 aliphatic heterocycles. The first kappa shape index (κ1) is 25.1. The maximum atomic E-state index is 12.5. The summed E-state index contributed by atoms with van der Waals surface area (Å²) in [6.07, 6.45) is 14.0. The number of halogens is 1. The van der Waals surface area contributed by atoms with Crippen molar-refractivity contribution in [3.8, 4) is 0 Å². The van der Waals surface area contributed by atoms with E-state index in [2.05, 4.69) is 17.4 Å². The minimum absolute atomic E-state index is 0.201. The molecule has 1 aliphatic carbocycles. The zero-order valence-electron chi connectivity index (χ0n) is 19.8. The Kier molecular flexibility index (Phi) is 9.28. The van der Waals surface area contributed by atoms with Crippen LogP contribution in [0.25, 0.3) is 0 Å². The number of anilines is 1. The molecule has 1 aromatic carbocycles. The van der Waals surface area contributed by atoms with E-state index in [4.69, 9.17) is 16.3 Å². The third kappa shape index (κ3) is 6.98. The van der Waals surface area contributed by atoms with Crippen LogP contribution in [0.15, 0.2) is 36.4 Å². The lowest BCUT2D eigenvalue weighted by molar-refractivity contribution is 0.0920. The number of thiophene rings is 1. The lowest BCUT2D eigenvalue weighted by Gasteiger charge is -2.20. The van der Waals surface area contributed by atoms with Crippen LogP contribution < -0.4 is 10.2 Å². The lowest BCUT2D eigenvalue weighted by atomic mass is 9.87. The molecular formula is C27H35ClN2O3S. The summed E-state index contributed by atoms with van der Waals surface area (Å²) < 4.78 is 6.07. The van der Waals surface area contributed by atoms with Gasteiger partial charge in [0.2, 0.25) is 0 Å². The molecule has 7 heteroatoms. The number of amides is 2. The summed E-state index contributed by atoms with van der Waals surface area (Å²) in [4.78, 5) is 26.9. The molecule has 4 rings (SSSR count). The van der Waals surface area contributed by atoms with Crippen LogP contribution in [0.3, 0.4) is 0 Å². The Hall–Kier alpha value is -2.05. The Morgan fingerprint density at radius 3 is 2.15 bits per heavy atom. The van der Waals surface area contributed by atoms with Crippen molar-refractivity contribution in [1.29, 1.82) is 0 Å². The SMILES string of the molecule is O=C(NCC1CN(c2ccc(C3CCCCCCCCCCC3)cc2)C(=O)O1)c1ccc(Cl)s1. The predicted octanol–water partition coefficient (Wildman–Crippen LogP) is 7.55. The van der Waals surface area contributed by atoms with Crippen molar-refractivity contribution in [2.24, 2.45) is 0 Å². The van der Waals surface area contributed by atoms with Gasteiger partial charge in [0.15, 0.2) is 0 Å². The van der Waals surface area contributed by atoms with Gasteiger partial charge in [-0.25, -0.2) is 4.79 Å². The number of ether oxygens (including phenoxy) is 1. The molecule has 34 heavy (non-hydrogen) atoms. The molecule has 1 saturated heterocycles. The molecular weight excluding hydrogens is 468 g/mol. The summed E-state index contributed by atoms with van der Waals surface area (Å²) in [7, 11) is 0. The first-order valence-corrected chi connectivity index (χ1v) is 13.9. The molecule has 2 amide bonds. The highest BCUT2D eigenvalue weighted by atomic mass is 35.5. The number of benzene rings is 1. The average Bonchev–Trinajstić information content (AvgIpc) is 3.43. The molecule has 2 fully saturated rings. The van der Waals surface area contributed by atoms with Crippen molar-refractivity contribution in [3.63, 3.8) is 0 Å². The zero-order valence-corrected chi connectivity index (χ0v) is 21.3. The van der Waals surface area contributed by atoms with E-state index < -0.39 is 0 Å². The van der Waals surface area contributed by atoms with Crippen molar-refractivity contribution in [2.75, 3.05) is 18.0 Å². The molecule has 0 spiro atoms. The number of carbonyl (C=O) groups is 2. The number of nitrogens with zero attached hydrogens (tertiary/aromatic N) is 1. The molecule has 5 nitrogen and oxygen atoms in total. The molecule has 1 atom stereocenters. The smallest absolute Gasteiger partial charge is 0.414 e. The normalized spacial score (nSPS) is 20.9. The van der Waals surface area contributed by atoms with Gasteiger partial charge in [0.05, 0.1) is 22.3 Å². The Balaban J connectivity index is 1.31. The van der Waals surface area contributed by atoms with Crippen molar-refractivity contribution in [2.45, 2.75) is 82.7 Å². The van der Waals surface area contributed by atoms with E-state index in [0.717, 1.165) is 5.69 Å². The van der Waals surface area contributed by atoms with Gasteiger partial charge >= 0.3 is 6.09 Å². The van der Waals surface area contributed by atoms with Gasteiger partial charge in [-0.2, -0.15) is 0 Å². The molecule has 1 N–H and O–H groups in total. The van der Waals surface area contributed by atoms with Gasteiger partial charge in [-0.3, -0.25) is 9.69 Å². The minimum Gasteiger partial charge on any atom is -0.442 e. The highest BCUT2D eigenvalue weighted by Crippen LogP contribution is 2.31. The maximum absolute atomic E-state index is 12.5. The maximum Gasteiger partial charge on any atom is 0.414 e. The minimum atomic E-state index is -0.377. The number of cyclic esters (lactones) is 1. The molecule has 184 valence electrons. The summed E-state index contributed by atoms with van der Waals surface area (Å²) in [5.74, 6) is 0.403. The van der Waals surface area contributed by atoms with Gasteiger partial charge in [0.1, 0.15) is 6.10 Å². The molecule has 1 saturated carbocycles. The van der Waals surface area contributed by atoms with Crippen LogP contribution in [-0.4, -0.2) is 31.2 Å². The molecule has 2 heterocycles. The Morgan fingerprint density at radius 1 is 0.941 bits per heavy atom. The van der Waals surface area contributed by atoms with E-state index in [-0.39, 0.29) is 24.6 Å². The summed E-state index contributed by atoms with van der Waals surface area (Å²) >= 11 is 7.13. The van der Waals surface area contributed by atoms with Gasteiger partial charge in [-0.05, 0) is 48.6 Å². The molecule has 0 bridgehead atoms. The molecule has 2 aromatic rings. The van der Waals surface area contributed by atoms with Crippen molar-refractivity contribution in [3.05, 3.63) is 51.2 Å². The van der Waals surface area contributed by atoms with Crippen LogP contribution >= 0.6 is 22.9 Å². The quantitative estimate of drug-likeness (QED) is 0.459. The Labute approximate surface area is 211 Å². The molecule has 2 aliphatic rings. The molecule has 1 aromatic heterocycles. The second-order valence-corrected chi connectivity index (χ2v) is 11.2. The topological polar surface area (TPSA) is 58.6 Å². The van der Waals surface area contributed by atoms with Gasteiger partial charge in [-0.15, -0.1) is 11.3 Å². The Bertz CT molecular complexity index is 934. The number of hydrogen-bond donors (Lipinski definition) is 1. The van der Waals surface area contributed by atoms with Crippen LogP contribution in [-0.2, 0) is 4.74 Å². The fourth-order valence-corrected chi connectivity index (χ4v) is 5.95. The van der Waals surface area contributed by atoms with Crippen LogP contribution in [0.4, 0.5) is 10.5 Å². The number of rotatable bonds is 5. The van der Waals surface area contributed by atoms with E-state index >= 15 is 0 Å². The molecule has 1 unspecified atom stereocenters. The van der Waals surface area contributed by atoms with E-state index in [1.807, 2.05) is 12.1 Å². The third-order valence-electron chi connectivity index (χ3n) is 6.94. The summed E-state index contributed by atoms with van der Waals surface area (Å²) in [5, 5.41) is 2.84. The van der Waals surface area contributed by atoms with Gasteiger partial charge in [0.25, 0.3) is 5.91 Å². The predicted molar refractivity (Wildman–Crippen MR) is 139 cm³/mol. The summed E-state index contributed by atoms with van der Waals surface area (Å²) in [5.41, 5.74) is 2.23. The monoisotopic (exact) mass is 502 g/mol. The third-order valence-corrected chi connectivity index (χ3v) is 8.17. The van der Waals surface area contributed by atoms with Gasteiger partial charge < -0.3 is 10.1 Å².